The van der Waals surface area contributed by atoms with Crippen LogP contribution >= 0.6 is 23.2 Å². The van der Waals surface area contributed by atoms with Gasteiger partial charge in [0.05, 0.1) is 27.6 Å². The molecule has 0 radical (unpaired) electrons. The van der Waals surface area contributed by atoms with Gasteiger partial charge in [0.1, 0.15) is 0 Å². The maximum absolute atomic E-state index is 6.07. The van der Waals surface area contributed by atoms with E-state index in [0.29, 0.717) is 10.0 Å². The predicted octanol–water partition coefficient (Wildman–Crippen LogP) is 6.60. The highest BCUT2D eigenvalue weighted by atomic mass is 35.5. The van der Waals surface area contributed by atoms with E-state index < -0.39 is 0 Å². The lowest BCUT2D eigenvalue weighted by Gasteiger charge is -2.06. The number of anilines is 1. The SMILES string of the molecule is Cn1c(-c2ccccc2)c(/C=N\Nc2ccc(Cl)c(Cl)c2)c2ccccc21. The lowest BCUT2D eigenvalue weighted by atomic mass is 10.1. The highest BCUT2D eigenvalue weighted by molar-refractivity contribution is 6.42. The van der Waals surface area contributed by atoms with Gasteiger partial charge in [-0.05, 0) is 29.8 Å². The van der Waals surface area contributed by atoms with Gasteiger partial charge in [0, 0.05) is 23.5 Å². The van der Waals surface area contributed by atoms with Gasteiger partial charge >= 0.3 is 0 Å². The summed E-state index contributed by atoms with van der Waals surface area (Å²) >= 11 is 12.0. The summed E-state index contributed by atoms with van der Waals surface area (Å²) in [5, 5.41) is 6.61. The molecule has 0 saturated carbocycles. The van der Waals surface area contributed by atoms with Crippen molar-refractivity contribution in [1.82, 2.24) is 4.57 Å². The fraction of sp³-hybridized carbons (Fsp3) is 0.0455. The second-order valence-corrected chi connectivity index (χ2v) is 7.02. The molecule has 0 saturated heterocycles. The Hall–Kier alpha value is -2.75. The summed E-state index contributed by atoms with van der Waals surface area (Å²) in [5.74, 6) is 0. The van der Waals surface area contributed by atoms with Crippen LogP contribution in [0, 0.1) is 0 Å². The molecule has 0 fully saturated rings. The van der Waals surface area contributed by atoms with Crippen molar-refractivity contribution in [2.45, 2.75) is 0 Å². The average molecular weight is 394 g/mol. The first-order valence-electron chi connectivity index (χ1n) is 8.52. The van der Waals surface area contributed by atoms with E-state index in [4.69, 9.17) is 23.2 Å². The minimum atomic E-state index is 0.493. The maximum Gasteiger partial charge on any atom is 0.0613 e. The van der Waals surface area contributed by atoms with Crippen LogP contribution in [-0.2, 0) is 7.05 Å². The summed E-state index contributed by atoms with van der Waals surface area (Å²) in [5.41, 5.74) is 8.30. The second-order valence-electron chi connectivity index (χ2n) is 6.20. The Kier molecular flexibility index (Phi) is 4.88. The third-order valence-corrected chi connectivity index (χ3v) is 5.24. The van der Waals surface area contributed by atoms with Crippen LogP contribution in [0.5, 0.6) is 0 Å². The first kappa shape index (κ1) is 17.7. The van der Waals surface area contributed by atoms with E-state index in [-0.39, 0.29) is 0 Å². The molecule has 0 aliphatic rings. The van der Waals surface area contributed by atoms with Crippen molar-refractivity contribution in [2.75, 3.05) is 5.43 Å². The molecule has 0 spiro atoms. The molecule has 3 aromatic carbocycles. The van der Waals surface area contributed by atoms with Gasteiger partial charge in [0.15, 0.2) is 0 Å². The Morgan fingerprint density at radius 2 is 1.63 bits per heavy atom. The molecule has 0 aliphatic heterocycles. The van der Waals surface area contributed by atoms with Gasteiger partial charge in [0.25, 0.3) is 0 Å². The number of hydrogen-bond donors (Lipinski definition) is 1. The number of rotatable bonds is 4. The zero-order chi connectivity index (χ0) is 18.8. The van der Waals surface area contributed by atoms with E-state index in [1.54, 1.807) is 12.1 Å². The standard InChI is InChI=1S/C22H17Cl2N3/c1-27-21-10-6-5-9-17(21)18(22(27)15-7-3-2-4-8-15)14-25-26-16-11-12-19(23)20(24)13-16/h2-14,26H,1H3/b25-14-. The van der Waals surface area contributed by atoms with E-state index in [1.165, 1.54) is 0 Å². The van der Waals surface area contributed by atoms with E-state index in [1.807, 2.05) is 42.6 Å². The summed E-state index contributed by atoms with van der Waals surface area (Å²) in [4.78, 5) is 0. The van der Waals surface area contributed by atoms with Crippen LogP contribution in [0.1, 0.15) is 5.56 Å². The van der Waals surface area contributed by atoms with Crippen LogP contribution in [0.15, 0.2) is 77.9 Å². The van der Waals surface area contributed by atoms with Crippen LogP contribution in [0.4, 0.5) is 5.69 Å². The van der Waals surface area contributed by atoms with Gasteiger partial charge in [-0.25, -0.2) is 0 Å². The number of hydrazone groups is 1. The summed E-state index contributed by atoms with van der Waals surface area (Å²) < 4.78 is 2.20. The summed E-state index contributed by atoms with van der Waals surface area (Å²) in [7, 11) is 2.08. The largest absolute Gasteiger partial charge is 0.343 e. The highest BCUT2D eigenvalue weighted by Gasteiger charge is 2.14. The smallest absolute Gasteiger partial charge is 0.0613 e. The average Bonchev–Trinajstić information content (AvgIpc) is 2.98. The molecule has 1 N–H and O–H groups in total. The third kappa shape index (κ3) is 3.44. The van der Waals surface area contributed by atoms with E-state index in [9.17, 15) is 0 Å². The molecule has 0 bridgehead atoms. The number of nitrogens with zero attached hydrogens (tertiary/aromatic N) is 2. The first-order chi connectivity index (χ1) is 13.1. The molecule has 1 aromatic heterocycles. The van der Waals surface area contributed by atoms with Crippen molar-refractivity contribution in [3.05, 3.63) is 88.4 Å². The number of nitrogens with one attached hydrogen (secondary N) is 1. The Morgan fingerprint density at radius 1 is 0.889 bits per heavy atom. The molecule has 3 nitrogen and oxygen atoms in total. The Balaban J connectivity index is 1.77. The molecule has 0 amide bonds. The Bertz CT molecular complexity index is 1130. The minimum absolute atomic E-state index is 0.493. The predicted molar refractivity (Wildman–Crippen MR) is 116 cm³/mol. The molecule has 0 unspecified atom stereocenters. The summed E-state index contributed by atoms with van der Waals surface area (Å²) in [6.07, 6.45) is 1.85. The summed E-state index contributed by atoms with van der Waals surface area (Å²) in [6, 6.07) is 24.0. The van der Waals surface area contributed by atoms with E-state index in [2.05, 4.69) is 46.4 Å². The van der Waals surface area contributed by atoms with Gasteiger partial charge < -0.3 is 4.57 Å². The Labute approximate surface area is 167 Å². The topological polar surface area (TPSA) is 29.3 Å². The maximum atomic E-state index is 6.07. The molecule has 27 heavy (non-hydrogen) atoms. The van der Waals surface area contributed by atoms with Crippen molar-refractivity contribution in [3.8, 4) is 11.3 Å². The van der Waals surface area contributed by atoms with Crippen LogP contribution < -0.4 is 5.43 Å². The molecule has 0 aliphatic carbocycles. The molecule has 4 rings (SSSR count). The van der Waals surface area contributed by atoms with Crippen LogP contribution in [-0.4, -0.2) is 10.8 Å². The lowest BCUT2D eigenvalue weighted by Crippen LogP contribution is -1.95. The zero-order valence-electron chi connectivity index (χ0n) is 14.7. The number of halogens is 2. The minimum Gasteiger partial charge on any atom is -0.343 e. The van der Waals surface area contributed by atoms with Crippen molar-refractivity contribution >= 4 is 46.0 Å². The van der Waals surface area contributed by atoms with Gasteiger partial charge in [-0.2, -0.15) is 5.10 Å². The molecule has 0 atom stereocenters. The van der Waals surface area contributed by atoms with Crippen molar-refractivity contribution in [2.24, 2.45) is 12.1 Å². The van der Waals surface area contributed by atoms with Crippen molar-refractivity contribution < 1.29 is 0 Å². The highest BCUT2D eigenvalue weighted by Crippen LogP contribution is 2.32. The lowest BCUT2D eigenvalue weighted by molar-refractivity contribution is 0.977. The molecular formula is C22H17Cl2N3. The van der Waals surface area contributed by atoms with Crippen LogP contribution in [0.3, 0.4) is 0 Å². The van der Waals surface area contributed by atoms with Gasteiger partial charge in [0.2, 0.25) is 0 Å². The summed E-state index contributed by atoms with van der Waals surface area (Å²) in [6.45, 7) is 0. The second kappa shape index (κ2) is 7.47. The third-order valence-electron chi connectivity index (χ3n) is 4.50. The molecular weight excluding hydrogens is 377 g/mol. The quantitative estimate of drug-likeness (QED) is 0.307. The molecule has 4 aromatic rings. The van der Waals surface area contributed by atoms with Gasteiger partial charge in [-0.3, -0.25) is 5.43 Å². The van der Waals surface area contributed by atoms with Gasteiger partial charge in [-0.15, -0.1) is 0 Å². The zero-order valence-corrected chi connectivity index (χ0v) is 16.2. The monoisotopic (exact) mass is 393 g/mol. The normalized spacial score (nSPS) is 11.4. The van der Waals surface area contributed by atoms with E-state index in [0.717, 1.165) is 33.4 Å². The number of aromatic nitrogens is 1. The molecule has 5 heteroatoms. The fourth-order valence-electron chi connectivity index (χ4n) is 3.24. The number of hydrogen-bond acceptors (Lipinski definition) is 2. The number of aryl methyl sites for hydroxylation is 1. The van der Waals surface area contributed by atoms with Crippen molar-refractivity contribution in [1.29, 1.82) is 0 Å². The Morgan fingerprint density at radius 3 is 2.41 bits per heavy atom. The number of fused-ring (bicyclic) bond motifs is 1. The number of benzene rings is 3. The van der Waals surface area contributed by atoms with Crippen LogP contribution in [0.25, 0.3) is 22.2 Å². The molecule has 1 heterocycles. The van der Waals surface area contributed by atoms with Crippen LogP contribution in [0.2, 0.25) is 10.0 Å². The number of para-hydroxylation sites is 1. The van der Waals surface area contributed by atoms with Gasteiger partial charge in [-0.1, -0.05) is 71.7 Å². The first-order valence-corrected chi connectivity index (χ1v) is 9.27. The molecule has 134 valence electrons. The fourth-order valence-corrected chi connectivity index (χ4v) is 3.53. The van der Waals surface area contributed by atoms with Crippen molar-refractivity contribution in [3.63, 3.8) is 0 Å². The van der Waals surface area contributed by atoms with E-state index >= 15 is 0 Å².